The van der Waals surface area contributed by atoms with Crippen molar-refractivity contribution in [3.05, 3.63) is 76.2 Å². The van der Waals surface area contributed by atoms with E-state index in [0.717, 1.165) is 30.6 Å². The molecule has 3 aromatic rings. The van der Waals surface area contributed by atoms with Crippen molar-refractivity contribution in [3.63, 3.8) is 0 Å². The van der Waals surface area contributed by atoms with E-state index in [9.17, 15) is 14.0 Å². The number of halogens is 1. The van der Waals surface area contributed by atoms with E-state index in [0.29, 0.717) is 22.7 Å². The Morgan fingerprint density at radius 3 is 2.49 bits per heavy atom. The summed E-state index contributed by atoms with van der Waals surface area (Å²) in [6.45, 7) is 0. The van der Waals surface area contributed by atoms with E-state index < -0.39 is 11.9 Å². The van der Waals surface area contributed by atoms with E-state index in [1.54, 1.807) is 24.3 Å². The van der Waals surface area contributed by atoms with Crippen molar-refractivity contribution in [2.45, 2.75) is 44.2 Å². The predicted octanol–water partition coefficient (Wildman–Crippen LogP) is 5.28. The Morgan fingerprint density at radius 1 is 1.06 bits per heavy atom. The minimum Gasteiger partial charge on any atom is -0.493 e. The number of hydrogen-bond acceptors (Lipinski definition) is 5. The van der Waals surface area contributed by atoms with Gasteiger partial charge < -0.3 is 14.8 Å². The second-order valence-corrected chi connectivity index (χ2v) is 9.54. The van der Waals surface area contributed by atoms with Gasteiger partial charge in [0.15, 0.2) is 11.5 Å². The van der Waals surface area contributed by atoms with Crippen LogP contribution in [0.15, 0.2) is 60.0 Å². The first-order valence-corrected chi connectivity index (χ1v) is 12.5. The summed E-state index contributed by atoms with van der Waals surface area (Å²) < 4.78 is 25.1. The van der Waals surface area contributed by atoms with Crippen molar-refractivity contribution in [1.29, 1.82) is 0 Å². The fourth-order valence-corrected chi connectivity index (χ4v) is 5.20. The van der Waals surface area contributed by atoms with Crippen LogP contribution in [-0.4, -0.2) is 32.1 Å². The fraction of sp³-hybridized carbons (Fsp3) is 0.333. The third-order valence-corrected chi connectivity index (χ3v) is 7.07. The third kappa shape index (κ3) is 5.82. The topological polar surface area (TPSA) is 67.9 Å². The Labute approximate surface area is 208 Å². The van der Waals surface area contributed by atoms with Gasteiger partial charge >= 0.3 is 0 Å². The van der Waals surface area contributed by atoms with E-state index in [1.165, 1.54) is 48.7 Å². The van der Waals surface area contributed by atoms with Crippen LogP contribution in [0.5, 0.6) is 11.5 Å². The van der Waals surface area contributed by atoms with Crippen molar-refractivity contribution in [2.24, 2.45) is 0 Å². The molecule has 1 fully saturated rings. The lowest BCUT2D eigenvalue weighted by Gasteiger charge is -2.32. The van der Waals surface area contributed by atoms with Gasteiger partial charge in [0, 0.05) is 16.6 Å². The summed E-state index contributed by atoms with van der Waals surface area (Å²) in [5, 5.41) is 5.02. The van der Waals surface area contributed by atoms with Crippen LogP contribution < -0.4 is 19.7 Å². The highest BCUT2D eigenvalue weighted by molar-refractivity contribution is 7.10. The van der Waals surface area contributed by atoms with Crippen LogP contribution in [0, 0.1) is 5.82 Å². The van der Waals surface area contributed by atoms with Crippen LogP contribution in [0.4, 0.5) is 10.1 Å². The molecule has 1 atom stereocenters. The van der Waals surface area contributed by atoms with Gasteiger partial charge in [0.2, 0.25) is 11.8 Å². The maximum Gasteiger partial charge on any atom is 0.248 e. The molecule has 8 heteroatoms. The van der Waals surface area contributed by atoms with Crippen molar-refractivity contribution >= 4 is 28.8 Å². The number of anilines is 1. The molecule has 1 aliphatic rings. The molecular formula is C27H29FN2O4S. The van der Waals surface area contributed by atoms with E-state index in [4.69, 9.17) is 9.47 Å². The Bertz CT molecular complexity index is 1160. The molecule has 4 rings (SSSR count). The molecule has 2 amide bonds. The number of benzene rings is 2. The number of thiophene rings is 1. The lowest BCUT2D eigenvalue weighted by Crippen LogP contribution is -2.46. The molecule has 0 bridgehead atoms. The normalized spacial score (nSPS) is 14.4. The minimum absolute atomic E-state index is 0.0481. The average Bonchev–Trinajstić information content (AvgIpc) is 3.56. The maximum absolute atomic E-state index is 14.3. The smallest absolute Gasteiger partial charge is 0.248 e. The molecule has 1 N–H and O–H groups in total. The van der Waals surface area contributed by atoms with Gasteiger partial charge in [-0.3, -0.25) is 14.5 Å². The molecule has 35 heavy (non-hydrogen) atoms. The molecule has 1 aliphatic carbocycles. The van der Waals surface area contributed by atoms with Gasteiger partial charge in [-0.2, -0.15) is 0 Å². The number of hydrogen-bond donors (Lipinski definition) is 1. The molecule has 0 radical (unpaired) electrons. The second-order valence-electron chi connectivity index (χ2n) is 8.51. The summed E-state index contributed by atoms with van der Waals surface area (Å²) in [6.07, 6.45) is 3.99. The van der Waals surface area contributed by atoms with Crippen LogP contribution >= 0.6 is 11.3 Å². The van der Waals surface area contributed by atoms with Crippen LogP contribution in [0.1, 0.15) is 42.2 Å². The van der Waals surface area contributed by atoms with Gasteiger partial charge in [-0.1, -0.05) is 31.0 Å². The van der Waals surface area contributed by atoms with Crippen LogP contribution in [0.2, 0.25) is 0 Å². The molecule has 1 saturated carbocycles. The lowest BCUT2D eigenvalue weighted by molar-refractivity contribution is -0.127. The Balaban J connectivity index is 1.81. The van der Waals surface area contributed by atoms with E-state index in [1.807, 2.05) is 17.5 Å². The summed E-state index contributed by atoms with van der Waals surface area (Å²) in [4.78, 5) is 29.8. The maximum atomic E-state index is 14.3. The van der Waals surface area contributed by atoms with Crippen molar-refractivity contribution in [1.82, 2.24) is 5.32 Å². The summed E-state index contributed by atoms with van der Waals surface area (Å²) in [5.74, 6) is -0.159. The Hall–Kier alpha value is -3.39. The van der Waals surface area contributed by atoms with E-state index >= 15 is 0 Å². The highest BCUT2D eigenvalue weighted by Gasteiger charge is 2.35. The van der Waals surface area contributed by atoms with Gasteiger partial charge in [0.1, 0.15) is 11.9 Å². The molecule has 184 valence electrons. The van der Waals surface area contributed by atoms with Gasteiger partial charge in [0.25, 0.3) is 0 Å². The zero-order valence-corrected chi connectivity index (χ0v) is 20.6. The lowest BCUT2D eigenvalue weighted by atomic mass is 10.0. The standard InChI is InChI=1S/C27H29FN2O4S/c1-33-23-13-12-18(15-24(23)34-2)26(27(32)29-20-8-3-4-9-20)30(21-10-5-7-19(28)16-21)25(31)17-22-11-6-14-35-22/h5-7,10-16,20,26H,3-4,8-9,17H2,1-2H3,(H,29,32). The van der Waals surface area contributed by atoms with Crippen LogP contribution in [0.3, 0.4) is 0 Å². The fourth-order valence-electron chi connectivity index (χ4n) is 4.50. The van der Waals surface area contributed by atoms with Crippen LogP contribution in [0.25, 0.3) is 0 Å². The number of methoxy groups -OCH3 is 2. The van der Waals surface area contributed by atoms with Gasteiger partial charge in [0.05, 0.1) is 20.6 Å². The zero-order valence-electron chi connectivity index (χ0n) is 19.8. The van der Waals surface area contributed by atoms with Crippen molar-refractivity contribution in [3.8, 4) is 11.5 Å². The predicted molar refractivity (Wildman–Crippen MR) is 135 cm³/mol. The van der Waals surface area contributed by atoms with E-state index in [2.05, 4.69) is 5.32 Å². The molecule has 1 heterocycles. The second kappa shape index (κ2) is 11.4. The first-order chi connectivity index (χ1) is 17.0. The highest BCUT2D eigenvalue weighted by Crippen LogP contribution is 2.35. The first-order valence-electron chi connectivity index (χ1n) is 11.6. The molecule has 1 unspecified atom stereocenters. The Kier molecular flexibility index (Phi) is 8.02. The molecule has 0 aliphatic heterocycles. The number of amides is 2. The Morgan fingerprint density at radius 2 is 1.83 bits per heavy atom. The molecule has 2 aromatic carbocycles. The van der Waals surface area contributed by atoms with Gasteiger partial charge in [-0.05, 0) is 60.2 Å². The van der Waals surface area contributed by atoms with Crippen LogP contribution in [-0.2, 0) is 16.0 Å². The average molecular weight is 497 g/mol. The summed E-state index contributed by atoms with van der Waals surface area (Å²) >= 11 is 1.46. The minimum atomic E-state index is -1.02. The third-order valence-electron chi connectivity index (χ3n) is 6.19. The summed E-state index contributed by atoms with van der Waals surface area (Å²) in [6, 6.07) is 13.7. The van der Waals surface area contributed by atoms with E-state index in [-0.39, 0.29) is 24.3 Å². The highest BCUT2D eigenvalue weighted by atomic mass is 32.1. The quantitative estimate of drug-likeness (QED) is 0.438. The number of carbonyl (C=O) groups excluding carboxylic acids is 2. The number of nitrogens with zero attached hydrogens (tertiary/aromatic N) is 1. The number of nitrogens with one attached hydrogen (secondary N) is 1. The summed E-state index contributed by atoms with van der Waals surface area (Å²) in [7, 11) is 3.05. The van der Waals surface area contributed by atoms with Gasteiger partial charge in [-0.25, -0.2) is 4.39 Å². The SMILES string of the molecule is COc1ccc(C(C(=O)NC2CCCC2)N(C(=O)Cc2cccs2)c2cccc(F)c2)cc1OC. The molecule has 1 aromatic heterocycles. The zero-order chi connectivity index (χ0) is 24.8. The monoisotopic (exact) mass is 496 g/mol. The van der Waals surface area contributed by atoms with Crippen molar-refractivity contribution in [2.75, 3.05) is 19.1 Å². The molecule has 0 saturated heterocycles. The van der Waals surface area contributed by atoms with Crippen molar-refractivity contribution < 1.29 is 23.5 Å². The first kappa shape index (κ1) is 24.7. The molecule has 6 nitrogen and oxygen atoms in total. The summed E-state index contributed by atoms with van der Waals surface area (Å²) in [5.41, 5.74) is 0.856. The van der Waals surface area contributed by atoms with Gasteiger partial charge in [-0.15, -0.1) is 11.3 Å². The number of rotatable bonds is 9. The molecular weight excluding hydrogens is 467 g/mol. The largest absolute Gasteiger partial charge is 0.493 e. The molecule has 0 spiro atoms. The number of ether oxygens (including phenoxy) is 2. The number of carbonyl (C=O) groups is 2.